The number of anilines is 1. The first-order chi connectivity index (χ1) is 6.74. The fraction of sp³-hybridized carbons (Fsp3) is 0.333. The van der Waals surface area contributed by atoms with Crippen molar-refractivity contribution in [3.63, 3.8) is 0 Å². The lowest BCUT2D eigenvalue weighted by atomic mass is 10.3. The number of rotatable bonds is 4. The third-order valence-electron chi connectivity index (χ3n) is 1.58. The number of carbonyl (C=O) groups is 1. The highest BCUT2D eigenvalue weighted by Crippen LogP contribution is 2.19. The number of amides is 1. The molecule has 76 valence electrons. The maximum atomic E-state index is 11.3. The fourth-order valence-electron chi connectivity index (χ4n) is 0.910. The van der Waals surface area contributed by atoms with Crippen LogP contribution in [0.5, 0.6) is 0 Å². The molecule has 0 bridgehead atoms. The first-order valence-corrected chi connectivity index (χ1v) is 5.10. The zero-order valence-corrected chi connectivity index (χ0v) is 8.98. The van der Waals surface area contributed by atoms with Gasteiger partial charge in [-0.15, -0.1) is 11.6 Å². The number of hydrogen-bond acceptors (Lipinski definition) is 2. The van der Waals surface area contributed by atoms with Crippen LogP contribution < -0.4 is 5.32 Å². The topological polar surface area (TPSA) is 42.0 Å². The lowest BCUT2D eigenvalue weighted by Gasteiger charge is -2.04. The monoisotopic (exact) mass is 232 g/mol. The van der Waals surface area contributed by atoms with E-state index in [9.17, 15) is 4.79 Å². The van der Waals surface area contributed by atoms with Gasteiger partial charge in [0.15, 0.2) is 0 Å². The van der Waals surface area contributed by atoms with Crippen LogP contribution in [0, 0.1) is 0 Å². The van der Waals surface area contributed by atoms with Crippen LogP contribution in [-0.2, 0) is 4.79 Å². The lowest BCUT2D eigenvalue weighted by Crippen LogP contribution is -2.11. The van der Waals surface area contributed by atoms with Gasteiger partial charge in [-0.3, -0.25) is 9.78 Å². The number of alkyl halides is 1. The van der Waals surface area contributed by atoms with Crippen molar-refractivity contribution in [3.05, 3.63) is 23.5 Å². The van der Waals surface area contributed by atoms with Gasteiger partial charge in [0.05, 0.1) is 16.9 Å². The minimum atomic E-state index is -0.0967. The Balaban J connectivity index is 2.52. The molecule has 5 heteroatoms. The van der Waals surface area contributed by atoms with E-state index in [0.717, 1.165) is 0 Å². The molecule has 1 amide bonds. The van der Waals surface area contributed by atoms with Crippen LogP contribution in [0.3, 0.4) is 0 Å². The number of aromatic nitrogens is 1. The number of nitrogens with one attached hydrogen (secondary N) is 1. The van der Waals surface area contributed by atoms with E-state index in [-0.39, 0.29) is 5.91 Å². The van der Waals surface area contributed by atoms with Gasteiger partial charge in [-0.1, -0.05) is 11.6 Å². The van der Waals surface area contributed by atoms with E-state index in [1.165, 1.54) is 6.20 Å². The second kappa shape index (κ2) is 5.83. The highest BCUT2D eigenvalue weighted by atomic mass is 35.5. The van der Waals surface area contributed by atoms with E-state index >= 15 is 0 Å². The number of hydrogen-bond donors (Lipinski definition) is 1. The summed E-state index contributed by atoms with van der Waals surface area (Å²) in [6.07, 6.45) is 4.14. The van der Waals surface area contributed by atoms with Gasteiger partial charge in [-0.25, -0.2) is 0 Å². The Kier molecular flexibility index (Phi) is 4.70. The maximum absolute atomic E-state index is 11.3. The number of nitrogens with zero attached hydrogens (tertiary/aromatic N) is 1. The molecule has 1 aromatic heterocycles. The second-order valence-electron chi connectivity index (χ2n) is 2.70. The fourth-order valence-corrected chi connectivity index (χ4v) is 1.20. The minimum Gasteiger partial charge on any atom is -0.324 e. The standard InChI is InChI=1S/C9H10Cl2N2O/c10-4-1-2-9(14)13-8-6-12-5-3-7(8)11/h3,5-6H,1-2,4H2,(H,13,14). The lowest BCUT2D eigenvalue weighted by molar-refractivity contribution is -0.116. The van der Waals surface area contributed by atoms with E-state index in [1.54, 1.807) is 12.3 Å². The van der Waals surface area contributed by atoms with Gasteiger partial charge in [0.1, 0.15) is 0 Å². The summed E-state index contributed by atoms with van der Waals surface area (Å²) in [5.74, 6) is 0.384. The predicted molar refractivity (Wildman–Crippen MR) is 57.8 cm³/mol. The van der Waals surface area contributed by atoms with Gasteiger partial charge < -0.3 is 5.32 Å². The summed E-state index contributed by atoms with van der Waals surface area (Å²) in [7, 11) is 0. The van der Waals surface area contributed by atoms with Gasteiger partial charge in [0, 0.05) is 18.5 Å². The molecule has 1 rings (SSSR count). The predicted octanol–water partition coefficient (Wildman–Crippen LogP) is 2.69. The van der Waals surface area contributed by atoms with Crippen LogP contribution in [-0.4, -0.2) is 16.8 Å². The molecule has 0 spiro atoms. The summed E-state index contributed by atoms with van der Waals surface area (Å²) in [5, 5.41) is 3.14. The van der Waals surface area contributed by atoms with Crippen molar-refractivity contribution in [1.29, 1.82) is 0 Å². The first-order valence-electron chi connectivity index (χ1n) is 4.19. The van der Waals surface area contributed by atoms with Crippen LogP contribution in [0.1, 0.15) is 12.8 Å². The van der Waals surface area contributed by atoms with Crippen molar-refractivity contribution in [2.75, 3.05) is 11.2 Å². The van der Waals surface area contributed by atoms with Crippen LogP contribution in [0.25, 0.3) is 0 Å². The molecule has 1 N–H and O–H groups in total. The average Bonchev–Trinajstić information content (AvgIpc) is 2.18. The normalized spacial score (nSPS) is 9.86. The van der Waals surface area contributed by atoms with Crippen molar-refractivity contribution in [2.24, 2.45) is 0 Å². The zero-order valence-electron chi connectivity index (χ0n) is 7.46. The Labute approximate surface area is 92.4 Å². The molecular weight excluding hydrogens is 223 g/mol. The van der Waals surface area contributed by atoms with Gasteiger partial charge >= 0.3 is 0 Å². The molecule has 0 radical (unpaired) electrons. The summed E-state index contributed by atoms with van der Waals surface area (Å²) in [5.41, 5.74) is 0.536. The van der Waals surface area contributed by atoms with E-state index in [4.69, 9.17) is 23.2 Å². The minimum absolute atomic E-state index is 0.0967. The Morgan fingerprint density at radius 2 is 2.36 bits per heavy atom. The smallest absolute Gasteiger partial charge is 0.224 e. The molecule has 0 aromatic carbocycles. The Morgan fingerprint density at radius 1 is 1.57 bits per heavy atom. The summed E-state index contributed by atoms with van der Waals surface area (Å²) >= 11 is 11.3. The molecule has 0 aliphatic heterocycles. The number of halogens is 2. The molecule has 0 saturated carbocycles. The molecule has 0 aliphatic rings. The molecule has 1 aromatic rings. The SMILES string of the molecule is O=C(CCCCl)Nc1cnccc1Cl. The Bertz CT molecular complexity index is 317. The number of carbonyl (C=O) groups excluding carboxylic acids is 1. The van der Waals surface area contributed by atoms with Crippen molar-refractivity contribution in [2.45, 2.75) is 12.8 Å². The molecule has 0 unspecified atom stereocenters. The van der Waals surface area contributed by atoms with Gasteiger partial charge in [-0.05, 0) is 12.5 Å². The highest BCUT2D eigenvalue weighted by Gasteiger charge is 2.04. The molecule has 3 nitrogen and oxygen atoms in total. The third-order valence-corrected chi connectivity index (χ3v) is 2.18. The average molecular weight is 233 g/mol. The van der Waals surface area contributed by atoms with E-state index < -0.39 is 0 Å². The first kappa shape index (κ1) is 11.3. The second-order valence-corrected chi connectivity index (χ2v) is 3.48. The molecule has 0 fully saturated rings. The van der Waals surface area contributed by atoms with Crippen LogP contribution >= 0.6 is 23.2 Å². The van der Waals surface area contributed by atoms with E-state index in [2.05, 4.69) is 10.3 Å². The quantitative estimate of drug-likeness (QED) is 0.812. The Hall–Kier alpha value is -0.800. The Morgan fingerprint density at radius 3 is 3.00 bits per heavy atom. The number of pyridine rings is 1. The summed E-state index contributed by atoms with van der Waals surface area (Å²) in [4.78, 5) is 15.1. The molecular formula is C9H10Cl2N2O. The summed E-state index contributed by atoms with van der Waals surface area (Å²) in [6, 6.07) is 1.62. The van der Waals surface area contributed by atoms with E-state index in [1.807, 2.05) is 0 Å². The van der Waals surface area contributed by atoms with E-state index in [0.29, 0.717) is 29.4 Å². The third kappa shape index (κ3) is 3.52. The molecule has 0 aliphatic carbocycles. The van der Waals surface area contributed by atoms with Crippen LogP contribution in [0.4, 0.5) is 5.69 Å². The van der Waals surface area contributed by atoms with Crippen molar-refractivity contribution >= 4 is 34.8 Å². The van der Waals surface area contributed by atoms with Crippen LogP contribution in [0.15, 0.2) is 18.5 Å². The van der Waals surface area contributed by atoms with Crippen molar-refractivity contribution in [3.8, 4) is 0 Å². The maximum Gasteiger partial charge on any atom is 0.224 e. The largest absolute Gasteiger partial charge is 0.324 e. The van der Waals surface area contributed by atoms with Gasteiger partial charge in [0.25, 0.3) is 0 Å². The molecule has 1 heterocycles. The summed E-state index contributed by atoms with van der Waals surface area (Å²) in [6.45, 7) is 0. The van der Waals surface area contributed by atoms with Gasteiger partial charge in [-0.2, -0.15) is 0 Å². The van der Waals surface area contributed by atoms with Crippen molar-refractivity contribution in [1.82, 2.24) is 4.98 Å². The molecule has 14 heavy (non-hydrogen) atoms. The highest BCUT2D eigenvalue weighted by molar-refractivity contribution is 6.33. The van der Waals surface area contributed by atoms with Crippen molar-refractivity contribution < 1.29 is 4.79 Å². The molecule has 0 atom stereocenters. The molecule has 0 saturated heterocycles. The summed E-state index contributed by atoms with van der Waals surface area (Å²) < 4.78 is 0. The van der Waals surface area contributed by atoms with Gasteiger partial charge in [0.2, 0.25) is 5.91 Å². The zero-order chi connectivity index (χ0) is 10.4. The van der Waals surface area contributed by atoms with Crippen LogP contribution in [0.2, 0.25) is 5.02 Å².